The molecular weight excluding hydrogens is 232 g/mol. The zero-order valence-corrected chi connectivity index (χ0v) is 11.2. The number of aliphatic carboxylic acids is 2. The van der Waals surface area contributed by atoms with Gasteiger partial charge in [-0.15, -0.1) is 0 Å². The van der Waals surface area contributed by atoms with Crippen molar-refractivity contribution in [3.8, 4) is 0 Å². The van der Waals surface area contributed by atoms with E-state index in [1.54, 1.807) is 0 Å². The fourth-order valence-corrected chi connectivity index (χ4v) is 1.74. The van der Waals surface area contributed by atoms with E-state index < -0.39 is 11.9 Å². The van der Waals surface area contributed by atoms with Gasteiger partial charge in [0.2, 0.25) is 0 Å². The summed E-state index contributed by atoms with van der Waals surface area (Å²) in [4.78, 5) is 21.3. The highest BCUT2D eigenvalue weighted by Gasteiger charge is 2.06. The molecule has 0 fully saturated rings. The van der Waals surface area contributed by atoms with Crippen LogP contribution in [0.15, 0.2) is 11.6 Å². The van der Waals surface area contributed by atoms with Crippen molar-refractivity contribution in [3.05, 3.63) is 11.6 Å². The van der Waals surface area contributed by atoms with Gasteiger partial charge >= 0.3 is 11.9 Å². The molecule has 0 unspecified atom stereocenters. The first-order valence-electron chi connectivity index (χ1n) is 6.72. The van der Waals surface area contributed by atoms with Crippen molar-refractivity contribution in [3.63, 3.8) is 0 Å². The Labute approximate surface area is 109 Å². The van der Waals surface area contributed by atoms with Crippen molar-refractivity contribution in [1.82, 2.24) is 0 Å². The molecule has 0 aliphatic rings. The van der Waals surface area contributed by atoms with Crippen molar-refractivity contribution in [1.29, 1.82) is 0 Å². The van der Waals surface area contributed by atoms with Crippen LogP contribution in [0.1, 0.15) is 64.7 Å². The molecule has 0 rings (SSSR count). The summed E-state index contributed by atoms with van der Waals surface area (Å²) in [7, 11) is 0. The average molecular weight is 256 g/mol. The highest BCUT2D eigenvalue weighted by Crippen LogP contribution is 2.13. The SMILES string of the molecule is CCCCCC=C(CCCCCC(=O)O)C(=O)O. The van der Waals surface area contributed by atoms with Crippen LogP contribution in [0, 0.1) is 0 Å². The molecule has 0 bridgehead atoms. The Morgan fingerprint density at radius 2 is 1.61 bits per heavy atom. The Kier molecular flexibility index (Phi) is 10.0. The van der Waals surface area contributed by atoms with Crippen LogP contribution >= 0.6 is 0 Å². The van der Waals surface area contributed by atoms with Gasteiger partial charge in [-0.2, -0.15) is 0 Å². The summed E-state index contributed by atoms with van der Waals surface area (Å²) in [6.45, 7) is 2.12. The fraction of sp³-hybridized carbons (Fsp3) is 0.714. The number of hydrogen-bond donors (Lipinski definition) is 2. The zero-order chi connectivity index (χ0) is 13.8. The number of carboxylic acids is 2. The highest BCUT2D eigenvalue weighted by molar-refractivity contribution is 5.86. The van der Waals surface area contributed by atoms with Gasteiger partial charge in [-0.3, -0.25) is 4.79 Å². The molecule has 0 aromatic carbocycles. The average Bonchev–Trinajstić information content (AvgIpc) is 2.30. The second-order valence-corrected chi connectivity index (χ2v) is 4.48. The number of allylic oxidation sites excluding steroid dienone is 1. The minimum Gasteiger partial charge on any atom is -0.481 e. The molecular formula is C14H24O4. The number of carboxylic acid groups (broad SMARTS) is 2. The molecule has 0 radical (unpaired) electrons. The van der Waals surface area contributed by atoms with Crippen LogP contribution in [-0.4, -0.2) is 22.2 Å². The molecule has 0 amide bonds. The summed E-state index contributed by atoms with van der Waals surface area (Å²) < 4.78 is 0. The molecule has 2 N–H and O–H groups in total. The summed E-state index contributed by atoms with van der Waals surface area (Å²) in [5.74, 6) is -1.63. The van der Waals surface area contributed by atoms with Gasteiger partial charge in [-0.1, -0.05) is 32.3 Å². The summed E-state index contributed by atoms with van der Waals surface area (Å²) in [6, 6.07) is 0. The Hall–Kier alpha value is -1.32. The molecule has 0 saturated carbocycles. The molecule has 18 heavy (non-hydrogen) atoms. The maximum atomic E-state index is 11.0. The molecule has 0 aromatic rings. The largest absolute Gasteiger partial charge is 0.481 e. The third-order valence-electron chi connectivity index (χ3n) is 2.81. The van der Waals surface area contributed by atoms with Crippen molar-refractivity contribution < 1.29 is 19.8 Å². The van der Waals surface area contributed by atoms with Gasteiger partial charge in [0.25, 0.3) is 0 Å². The van der Waals surface area contributed by atoms with Gasteiger partial charge in [0.15, 0.2) is 0 Å². The van der Waals surface area contributed by atoms with Crippen LogP contribution in [0.25, 0.3) is 0 Å². The van der Waals surface area contributed by atoms with Gasteiger partial charge in [0.05, 0.1) is 0 Å². The molecule has 0 heterocycles. The molecule has 4 nitrogen and oxygen atoms in total. The first kappa shape index (κ1) is 16.7. The Balaban J connectivity index is 3.83. The minimum atomic E-state index is -0.843. The lowest BCUT2D eigenvalue weighted by Crippen LogP contribution is -2.01. The quantitative estimate of drug-likeness (QED) is 0.437. The van der Waals surface area contributed by atoms with E-state index in [9.17, 15) is 9.59 Å². The summed E-state index contributed by atoms with van der Waals surface area (Å²) in [5, 5.41) is 17.5. The van der Waals surface area contributed by atoms with E-state index in [4.69, 9.17) is 10.2 Å². The van der Waals surface area contributed by atoms with Crippen molar-refractivity contribution in [2.75, 3.05) is 0 Å². The second kappa shape index (κ2) is 10.8. The lowest BCUT2D eigenvalue weighted by atomic mass is 10.0. The summed E-state index contributed by atoms with van der Waals surface area (Å²) >= 11 is 0. The fourth-order valence-electron chi connectivity index (χ4n) is 1.74. The van der Waals surface area contributed by atoms with Crippen LogP contribution < -0.4 is 0 Å². The van der Waals surface area contributed by atoms with Crippen LogP contribution in [0.2, 0.25) is 0 Å². The lowest BCUT2D eigenvalue weighted by molar-refractivity contribution is -0.137. The predicted octanol–water partition coefficient (Wildman–Crippen LogP) is 3.61. The number of unbranched alkanes of at least 4 members (excludes halogenated alkanes) is 5. The van der Waals surface area contributed by atoms with E-state index in [2.05, 4.69) is 6.92 Å². The number of carbonyl (C=O) groups is 2. The van der Waals surface area contributed by atoms with Crippen LogP contribution in [0.5, 0.6) is 0 Å². The topological polar surface area (TPSA) is 74.6 Å². The van der Waals surface area contributed by atoms with Crippen molar-refractivity contribution in [2.24, 2.45) is 0 Å². The predicted molar refractivity (Wildman–Crippen MR) is 70.6 cm³/mol. The molecule has 0 aliphatic heterocycles. The smallest absolute Gasteiger partial charge is 0.331 e. The van der Waals surface area contributed by atoms with E-state index in [1.165, 1.54) is 0 Å². The number of rotatable bonds is 11. The standard InChI is InChI=1S/C14H24O4/c1-2-3-4-6-9-12(14(17)18)10-7-5-8-11-13(15)16/h9H,2-8,10-11H2,1H3,(H,15,16)(H,17,18). The molecule has 0 aromatic heterocycles. The van der Waals surface area contributed by atoms with Gasteiger partial charge in [0.1, 0.15) is 0 Å². The molecule has 0 aliphatic carbocycles. The third kappa shape index (κ3) is 9.87. The Morgan fingerprint density at radius 3 is 2.17 bits per heavy atom. The van der Waals surface area contributed by atoms with E-state index in [-0.39, 0.29) is 6.42 Å². The van der Waals surface area contributed by atoms with Gasteiger partial charge < -0.3 is 10.2 Å². The molecule has 0 atom stereocenters. The Morgan fingerprint density at radius 1 is 0.944 bits per heavy atom. The third-order valence-corrected chi connectivity index (χ3v) is 2.81. The maximum Gasteiger partial charge on any atom is 0.331 e. The minimum absolute atomic E-state index is 0.169. The summed E-state index contributed by atoms with van der Waals surface area (Å²) in [6.07, 6.45) is 8.78. The molecule has 0 spiro atoms. The first-order valence-corrected chi connectivity index (χ1v) is 6.72. The highest BCUT2D eigenvalue weighted by atomic mass is 16.4. The molecule has 0 saturated heterocycles. The normalized spacial score (nSPS) is 11.5. The number of hydrogen-bond acceptors (Lipinski definition) is 2. The van der Waals surface area contributed by atoms with Gasteiger partial charge in [-0.05, 0) is 32.1 Å². The van der Waals surface area contributed by atoms with Crippen LogP contribution in [0.3, 0.4) is 0 Å². The van der Waals surface area contributed by atoms with Crippen LogP contribution in [0.4, 0.5) is 0 Å². The monoisotopic (exact) mass is 256 g/mol. The maximum absolute atomic E-state index is 11.0. The molecule has 104 valence electrons. The first-order chi connectivity index (χ1) is 8.57. The van der Waals surface area contributed by atoms with Crippen LogP contribution in [-0.2, 0) is 9.59 Å². The van der Waals surface area contributed by atoms with Gasteiger partial charge in [0, 0.05) is 12.0 Å². The second-order valence-electron chi connectivity index (χ2n) is 4.48. The van der Waals surface area contributed by atoms with Crippen molar-refractivity contribution >= 4 is 11.9 Å². The molecule has 4 heteroatoms. The van der Waals surface area contributed by atoms with E-state index in [0.29, 0.717) is 18.4 Å². The lowest BCUT2D eigenvalue weighted by Gasteiger charge is -2.02. The van der Waals surface area contributed by atoms with E-state index in [1.807, 2.05) is 6.08 Å². The Bertz CT molecular complexity index is 282. The summed E-state index contributed by atoms with van der Waals surface area (Å²) in [5.41, 5.74) is 0.474. The zero-order valence-electron chi connectivity index (χ0n) is 11.2. The van der Waals surface area contributed by atoms with Crippen molar-refractivity contribution in [2.45, 2.75) is 64.7 Å². The van der Waals surface area contributed by atoms with Gasteiger partial charge in [-0.25, -0.2) is 4.79 Å². The van der Waals surface area contributed by atoms with E-state index >= 15 is 0 Å². The van der Waals surface area contributed by atoms with E-state index in [0.717, 1.165) is 38.5 Å².